The van der Waals surface area contributed by atoms with Gasteiger partial charge >= 0.3 is 0 Å². The molecule has 1 aliphatic heterocycles. The number of nitriles is 1. The zero-order valence-electron chi connectivity index (χ0n) is 16.9. The Morgan fingerprint density at radius 1 is 0.839 bits per heavy atom. The van der Waals surface area contributed by atoms with Crippen molar-refractivity contribution in [1.29, 1.82) is 5.26 Å². The molecule has 6 heteroatoms. The Hall–Kier alpha value is -4.11. The monoisotopic (exact) mass is 406 g/mol. The fourth-order valence-electron chi connectivity index (χ4n) is 5.26. The summed E-state index contributed by atoms with van der Waals surface area (Å²) in [5.74, 6) is -0.705. The summed E-state index contributed by atoms with van der Waals surface area (Å²) in [6, 6.07) is 18.1. The number of fused-ring (bicyclic) bond motifs is 10. The van der Waals surface area contributed by atoms with Crippen LogP contribution in [0.4, 0.5) is 0 Å². The van der Waals surface area contributed by atoms with Gasteiger partial charge in [-0.05, 0) is 19.1 Å². The van der Waals surface area contributed by atoms with Gasteiger partial charge in [-0.2, -0.15) is 5.26 Å². The highest BCUT2D eigenvalue weighted by molar-refractivity contribution is 6.39. The Morgan fingerprint density at radius 2 is 1.35 bits per heavy atom. The maximum Gasteiger partial charge on any atom is 0.259 e. The third-order valence-electron chi connectivity index (χ3n) is 6.36. The highest BCUT2D eigenvalue weighted by Gasteiger charge is 2.36. The van der Waals surface area contributed by atoms with Gasteiger partial charge in [0.2, 0.25) is 0 Å². The summed E-state index contributed by atoms with van der Waals surface area (Å²) >= 11 is 0. The van der Waals surface area contributed by atoms with Crippen LogP contribution in [0.3, 0.4) is 0 Å². The largest absolute Gasteiger partial charge is 0.339 e. The second-order valence-corrected chi connectivity index (χ2v) is 7.82. The van der Waals surface area contributed by atoms with Gasteiger partial charge in [0.05, 0.1) is 34.7 Å². The molecule has 3 heterocycles. The van der Waals surface area contributed by atoms with Gasteiger partial charge in [-0.1, -0.05) is 36.4 Å². The number of para-hydroxylation sites is 2. The van der Waals surface area contributed by atoms with Crippen molar-refractivity contribution >= 4 is 55.4 Å². The number of aryl methyl sites for hydroxylation is 2. The van der Waals surface area contributed by atoms with Gasteiger partial charge in [0.25, 0.3) is 11.8 Å². The molecule has 2 amide bonds. The molecule has 6 nitrogen and oxygen atoms in total. The van der Waals surface area contributed by atoms with Crippen molar-refractivity contribution in [3.8, 4) is 6.07 Å². The van der Waals surface area contributed by atoms with Crippen LogP contribution in [0.1, 0.15) is 34.1 Å². The van der Waals surface area contributed by atoms with E-state index < -0.39 is 0 Å². The number of hydrogen-bond acceptors (Lipinski definition) is 3. The summed E-state index contributed by atoms with van der Waals surface area (Å²) in [4.78, 5) is 26.0. The van der Waals surface area contributed by atoms with Crippen molar-refractivity contribution < 1.29 is 9.59 Å². The van der Waals surface area contributed by atoms with Gasteiger partial charge in [-0.15, -0.1) is 0 Å². The van der Waals surface area contributed by atoms with Crippen molar-refractivity contribution in [2.45, 2.75) is 26.4 Å². The number of carbonyl (C=O) groups excluding carboxylic acids is 2. The first-order chi connectivity index (χ1) is 15.2. The van der Waals surface area contributed by atoms with Crippen LogP contribution >= 0.6 is 0 Å². The third-order valence-corrected chi connectivity index (χ3v) is 6.36. The third kappa shape index (κ3) is 2.10. The minimum absolute atomic E-state index is 0.347. The Labute approximate surface area is 177 Å². The summed E-state index contributed by atoms with van der Waals surface area (Å²) < 4.78 is 4.35. The van der Waals surface area contributed by atoms with Crippen molar-refractivity contribution in [2.75, 3.05) is 0 Å². The molecule has 0 atom stereocenters. The highest BCUT2D eigenvalue weighted by Crippen LogP contribution is 2.44. The van der Waals surface area contributed by atoms with Gasteiger partial charge < -0.3 is 9.13 Å². The number of imide groups is 1. The molecule has 1 aliphatic rings. The van der Waals surface area contributed by atoms with E-state index in [2.05, 4.69) is 27.4 Å². The molecule has 31 heavy (non-hydrogen) atoms. The second-order valence-electron chi connectivity index (χ2n) is 7.82. The maximum atomic E-state index is 13.0. The van der Waals surface area contributed by atoms with Gasteiger partial charge in [0, 0.05) is 45.7 Å². The van der Waals surface area contributed by atoms with Crippen LogP contribution < -0.4 is 5.32 Å². The van der Waals surface area contributed by atoms with Crippen LogP contribution in [0.25, 0.3) is 43.6 Å². The van der Waals surface area contributed by atoms with Crippen molar-refractivity contribution in [3.63, 3.8) is 0 Å². The predicted octanol–water partition coefficient (Wildman–Crippen LogP) is 4.72. The van der Waals surface area contributed by atoms with Gasteiger partial charge in [0.15, 0.2) is 0 Å². The number of rotatable bonds is 3. The summed E-state index contributed by atoms with van der Waals surface area (Å²) in [6.07, 6.45) is 0.351. The van der Waals surface area contributed by atoms with Gasteiger partial charge in [-0.3, -0.25) is 14.9 Å². The number of aromatic nitrogens is 2. The van der Waals surface area contributed by atoms with Gasteiger partial charge in [-0.25, -0.2) is 0 Å². The molecule has 0 unspecified atom stereocenters. The molecule has 5 aromatic rings. The number of nitrogens with zero attached hydrogens (tertiary/aromatic N) is 3. The van der Waals surface area contributed by atoms with E-state index in [1.165, 1.54) is 0 Å². The number of hydrogen-bond donors (Lipinski definition) is 1. The van der Waals surface area contributed by atoms with E-state index >= 15 is 0 Å². The lowest BCUT2D eigenvalue weighted by molar-refractivity contribution is 0.0880. The molecule has 2 aromatic heterocycles. The molecular weight excluding hydrogens is 388 g/mol. The average Bonchev–Trinajstić information content (AvgIpc) is 3.39. The van der Waals surface area contributed by atoms with E-state index in [9.17, 15) is 14.9 Å². The Kier molecular flexibility index (Phi) is 3.54. The van der Waals surface area contributed by atoms with E-state index in [0.29, 0.717) is 30.6 Å². The minimum atomic E-state index is -0.358. The van der Waals surface area contributed by atoms with Crippen LogP contribution in [0.5, 0.6) is 0 Å². The maximum absolute atomic E-state index is 13.0. The first-order valence-corrected chi connectivity index (χ1v) is 10.4. The molecule has 0 bridgehead atoms. The fraction of sp³-hybridized carbons (Fsp3) is 0.160. The standard InChI is InChI=1S/C25H18N4O2/c1-2-28-16-10-5-3-8-14(16)18-20-21(25(31)27-24(20)30)19-15-9-4-6-11-17(15)29(13-7-12-26)23(19)22(18)28/h3-6,8-11H,2,7,13H2,1H3,(H,27,30,31). The summed E-state index contributed by atoms with van der Waals surface area (Å²) in [5.41, 5.74) is 4.74. The summed E-state index contributed by atoms with van der Waals surface area (Å²) in [7, 11) is 0. The lowest BCUT2D eigenvalue weighted by Gasteiger charge is -2.11. The van der Waals surface area contributed by atoms with E-state index in [1.807, 2.05) is 48.5 Å². The Balaban J connectivity index is 2.02. The lowest BCUT2D eigenvalue weighted by atomic mass is 9.96. The molecule has 0 saturated carbocycles. The molecular formula is C25H18N4O2. The zero-order valence-corrected chi connectivity index (χ0v) is 16.9. The number of nitrogens with one attached hydrogen (secondary N) is 1. The molecule has 0 aliphatic carbocycles. The van der Waals surface area contributed by atoms with Crippen LogP contribution in [-0.4, -0.2) is 20.9 Å². The highest BCUT2D eigenvalue weighted by atomic mass is 16.2. The first kappa shape index (κ1) is 17.7. The number of benzene rings is 3. The number of amides is 2. The smallest absolute Gasteiger partial charge is 0.259 e. The van der Waals surface area contributed by atoms with Crippen LogP contribution in [0.15, 0.2) is 48.5 Å². The molecule has 6 rings (SSSR count). The van der Waals surface area contributed by atoms with Crippen LogP contribution in [0.2, 0.25) is 0 Å². The number of carbonyl (C=O) groups is 2. The molecule has 150 valence electrons. The molecule has 0 spiro atoms. The average molecular weight is 406 g/mol. The molecule has 0 saturated heterocycles. The minimum Gasteiger partial charge on any atom is -0.339 e. The molecule has 1 N–H and O–H groups in total. The van der Waals surface area contributed by atoms with Crippen LogP contribution in [-0.2, 0) is 13.1 Å². The predicted molar refractivity (Wildman–Crippen MR) is 120 cm³/mol. The van der Waals surface area contributed by atoms with Crippen molar-refractivity contribution in [2.24, 2.45) is 0 Å². The van der Waals surface area contributed by atoms with Gasteiger partial charge in [0.1, 0.15) is 0 Å². The summed E-state index contributed by atoms with van der Waals surface area (Å²) in [6.45, 7) is 3.31. The van der Waals surface area contributed by atoms with E-state index in [-0.39, 0.29) is 11.8 Å². The van der Waals surface area contributed by atoms with Crippen LogP contribution in [0, 0.1) is 11.3 Å². The van der Waals surface area contributed by atoms with E-state index in [4.69, 9.17) is 0 Å². The zero-order chi connectivity index (χ0) is 21.3. The van der Waals surface area contributed by atoms with E-state index in [0.717, 1.165) is 43.6 Å². The fourth-order valence-corrected chi connectivity index (χ4v) is 5.26. The van der Waals surface area contributed by atoms with Crippen molar-refractivity contribution in [1.82, 2.24) is 14.5 Å². The van der Waals surface area contributed by atoms with Crippen molar-refractivity contribution in [3.05, 3.63) is 59.7 Å². The van der Waals surface area contributed by atoms with E-state index in [1.54, 1.807) is 0 Å². The topological polar surface area (TPSA) is 79.8 Å². The SMILES string of the molecule is CCn1c2ccccc2c2c3c(c4c5ccccc5n(CCC#N)c4c21)C(=O)NC3=O. The Bertz CT molecular complexity index is 1650. The molecule has 0 fully saturated rings. The summed E-state index contributed by atoms with van der Waals surface area (Å²) in [5, 5.41) is 15.3. The Morgan fingerprint density at radius 3 is 1.90 bits per heavy atom. The molecule has 0 radical (unpaired) electrons. The quantitative estimate of drug-likeness (QED) is 0.440. The first-order valence-electron chi connectivity index (χ1n) is 10.4. The lowest BCUT2D eigenvalue weighted by Crippen LogP contribution is -2.20. The molecule has 3 aromatic carbocycles. The normalized spacial score (nSPS) is 13.4. The second kappa shape index (κ2) is 6.19.